The molecule has 0 saturated carbocycles. The molecule has 0 saturated heterocycles. The zero-order valence-corrected chi connectivity index (χ0v) is 13.4. The van der Waals surface area contributed by atoms with Crippen molar-refractivity contribution in [2.75, 3.05) is 6.54 Å². The van der Waals surface area contributed by atoms with E-state index < -0.39 is 18.9 Å². The van der Waals surface area contributed by atoms with Gasteiger partial charge >= 0.3 is 12.9 Å². The summed E-state index contributed by atoms with van der Waals surface area (Å²) in [4.78, 5) is 12.2. The molecule has 0 bridgehead atoms. The summed E-state index contributed by atoms with van der Waals surface area (Å²) in [6, 6.07) is 17.1. The second-order valence-corrected chi connectivity index (χ2v) is 5.51. The second-order valence-electron chi connectivity index (χ2n) is 5.51. The van der Waals surface area contributed by atoms with Gasteiger partial charge in [-0.3, -0.25) is 4.79 Å². The zero-order chi connectivity index (χ0) is 16.7. The van der Waals surface area contributed by atoms with Crippen LogP contribution in [0.2, 0.25) is 0 Å². The van der Waals surface area contributed by atoms with Gasteiger partial charge in [-0.2, -0.15) is 0 Å². The fourth-order valence-electron chi connectivity index (χ4n) is 2.43. The molecule has 0 heterocycles. The van der Waals surface area contributed by atoms with Crippen LogP contribution in [0.15, 0.2) is 54.6 Å². The van der Waals surface area contributed by atoms with E-state index in [4.69, 9.17) is 16.1 Å². The Morgan fingerprint density at radius 3 is 2.48 bits per heavy atom. The first-order valence-electron chi connectivity index (χ1n) is 7.95. The molecule has 0 fully saturated rings. The smallest absolute Gasteiger partial charge is 0.429 e. The standard InChI is InChI=1S/C18H23BN2O2/c1-2-14-7-6-10-16(13-14)19(15-8-4-3-5-9-15)23-18(22)17(21)11-12-20/h3-10,13,17H,2,11-12,20-21H2,1H3. The minimum Gasteiger partial charge on any atom is -0.525 e. The topological polar surface area (TPSA) is 78.3 Å². The largest absolute Gasteiger partial charge is 0.525 e. The Kier molecular flexibility index (Phi) is 6.38. The van der Waals surface area contributed by atoms with Crippen molar-refractivity contribution in [3.8, 4) is 0 Å². The van der Waals surface area contributed by atoms with Gasteiger partial charge in [0, 0.05) is 0 Å². The summed E-state index contributed by atoms with van der Waals surface area (Å²) in [5.41, 5.74) is 14.4. The average molecular weight is 310 g/mol. The Bertz CT molecular complexity index is 634. The van der Waals surface area contributed by atoms with Gasteiger partial charge in [-0.15, -0.1) is 0 Å². The number of carbonyl (C=O) groups is 1. The highest BCUT2D eigenvalue weighted by atomic mass is 16.5. The second kappa shape index (κ2) is 8.51. The van der Waals surface area contributed by atoms with E-state index >= 15 is 0 Å². The van der Waals surface area contributed by atoms with E-state index in [0.29, 0.717) is 13.0 Å². The van der Waals surface area contributed by atoms with Crippen LogP contribution < -0.4 is 22.4 Å². The van der Waals surface area contributed by atoms with Crippen molar-refractivity contribution in [1.82, 2.24) is 0 Å². The van der Waals surface area contributed by atoms with Gasteiger partial charge in [-0.05, 0) is 35.9 Å². The number of benzene rings is 2. The van der Waals surface area contributed by atoms with E-state index in [1.54, 1.807) is 0 Å². The molecule has 2 aromatic carbocycles. The third-order valence-electron chi connectivity index (χ3n) is 3.78. The molecular weight excluding hydrogens is 287 g/mol. The van der Waals surface area contributed by atoms with Gasteiger partial charge in [-0.25, -0.2) is 0 Å². The number of hydrogen-bond acceptors (Lipinski definition) is 4. The van der Waals surface area contributed by atoms with Crippen LogP contribution in [-0.4, -0.2) is 25.5 Å². The van der Waals surface area contributed by atoms with Crippen molar-refractivity contribution in [3.63, 3.8) is 0 Å². The Morgan fingerprint density at radius 2 is 1.83 bits per heavy atom. The monoisotopic (exact) mass is 310 g/mol. The lowest BCUT2D eigenvalue weighted by Crippen LogP contribution is -2.49. The first-order chi connectivity index (χ1) is 11.2. The van der Waals surface area contributed by atoms with Crippen LogP contribution in [0, 0.1) is 0 Å². The van der Waals surface area contributed by atoms with Crippen molar-refractivity contribution in [2.24, 2.45) is 11.5 Å². The van der Waals surface area contributed by atoms with E-state index in [1.807, 2.05) is 42.5 Å². The van der Waals surface area contributed by atoms with Crippen LogP contribution in [0.25, 0.3) is 0 Å². The maximum absolute atomic E-state index is 12.2. The summed E-state index contributed by atoms with van der Waals surface area (Å²) >= 11 is 0. The highest BCUT2D eigenvalue weighted by Gasteiger charge is 2.28. The molecule has 120 valence electrons. The van der Waals surface area contributed by atoms with Crippen LogP contribution in [0.5, 0.6) is 0 Å². The molecule has 4 N–H and O–H groups in total. The normalized spacial score (nSPS) is 11.8. The molecular formula is C18H23BN2O2. The van der Waals surface area contributed by atoms with Gasteiger partial charge in [-0.1, -0.05) is 61.5 Å². The molecule has 2 aromatic rings. The molecule has 0 aliphatic rings. The van der Waals surface area contributed by atoms with Gasteiger partial charge < -0.3 is 16.1 Å². The Balaban J connectivity index is 2.30. The maximum atomic E-state index is 12.2. The molecule has 0 spiro atoms. The third-order valence-corrected chi connectivity index (χ3v) is 3.78. The van der Waals surface area contributed by atoms with Crippen LogP contribution in [0.1, 0.15) is 18.9 Å². The van der Waals surface area contributed by atoms with Crippen molar-refractivity contribution < 1.29 is 9.45 Å². The van der Waals surface area contributed by atoms with Crippen molar-refractivity contribution >= 4 is 23.8 Å². The van der Waals surface area contributed by atoms with Gasteiger partial charge in [0.05, 0.1) is 0 Å². The molecule has 5 heteroatoms. The molecule has 0 aromatic heterocycles. The van der Waals surface area contributed by atoms with Crippen LogP contribution >= 0.6 is 0 Å². The quantitative estimate of drug-likeness (QED) is 0.733. The average Bonchev–Trinajstić information content (AvgIpc) is 2.60. The lowest BCUT2D eigenvalue weighted by molar-refractivity contribution is -0.136. The number of aryl methyl sites for hydroxylation is 1. The highest BCUT2D eigenvalue weighted by molar-refractivity contribution is 6.81. The fourth-order valence-corrected chi connectivity index (χ4v) is 2.43. The van der Waals surface area contributed by atoms with E-state index in [2.05, 4.69) is 19.1 Å². The fraction of sp³-hybridized carbons (Fsp3) is 0.278. The molecule has 0 aliphatic heterocycles. The molecule has 0 amide bonds. The molecule has 0 radical (unpaired) electrons. The number of carbonyl (C=O) groups excluding carboxylic acids is 1. The van der Waals surface area contributed by atoms with Crippen LogP contribution in [-0.2, 0) is 15.9 Å². The van der Waals surface area contributed by atoms with Gasteiger partial charge in [0.25, 0.3) is 0 Å². The third kappa shape index (κ3) is 4.68. The molecule has 23 heavy (non-hydrogen) atoms. The molecule has 1 unspecified atom stereocenters. The van der Waals surface area contributed by atoms with E-state index in [0.717, 1.165) is 17.3 Å². The molecule has 0 aliphatic carbocycles. The zero-order valence-electron chi connectivity index (χ0n) is 13.4. The molecule has 2 rings (SSSR count). The predicted octanol–water partition coefficient (Wildman–Crippen LogP) is 0.574. The predicted molar refractivity (Wildman–Crippen MR) is 95.0 cm³/mol. The molecule has 1 atom stereocenters. The summed E-state index contributed by atoms with van der Waals surface area (Å²) in [5.74, 6) is -0.425. The van der Waals surface area contributed by atoms with Gasteiger partial charge in [0.15, 0.2) is 0 Å². The summed E-state index contributed by atoms with van der Waals surface area (Å²) < 4.78 is 5.72. The Morgan fingerprint density at radius 1 is 1.13 bits per heavy atom. The lowest BCUT2D eigenvalue weighted by Gasteiger charge is -2.18. The van der Waals surface area contributed by atoms with Crippen molar-refractivity contribution in [2.45, 2.75) is 25.8 Å². The molecule has 4 nitrogen and oxygen atoms in total. The first kappa shape index (κ1) is 17.3. The van der Waals surface area contributed by atoms with E-state index in [-0.39, 0.29) is 0 Å². The lowest BCUT2D eigenvalue weighted by atomic mass is 9.55. The summed E-state index contributed by atoms with van der Waals surface area (Å²) in [7, 11) is 0. The van der Waals surface area contributed by atoms with Crippen LogP contribution in [0.4, 0.5) is 0 Å². The Hall–Kier alpha value is -2.11. The summed E-state index contributed by atoms with van der Waals surface area (Å²) in [5, 5.41) is 0. The van der Waals surface area contributed by atoms with Crippen molar-refractivity contribution in [3.05, 3.63) is 60.2 Å². The number of nitrogens with two attached hydrogens (primary N) is 2. The highest BCUT2D eigenvalue weighted by Crippen LogP contribution is 2.02. The van der Waals surface area contributed by atoms with E-state index in [1.165, 1.54) is 5.56 Å². The van der Waals surface area contributed by atoms with Gasteiger partial charge in [0.2, 0.25) is 0 Å². The maximum Gasteiger partial charge on any atom is 0.429 e. The summed E-state index contributed by atoms with van der Waals surface area (Å²) in [6.07, 6.45) is 1.34. The summed E-state index contributed by atoms with van der Waals surface area (Å²) in [6.45, 7) is 2.00. The number of rotatable bonds is 7. The minimum absolute atomic E-state index is 0.359. The SMILES string of the molecule is CCc1cccc(B(OC(=O)C(N)CCN)c2ccccc2)c1. The van der Waals surface area contributed by atoms with Crippen LogP contribution in [0.3, 0.4) is 0 Å². The van der Waals surface area contributed by atoms with E-state index in [9.17, 15) is 4.79 Å². The van der Waals surface area contributed by atoms with Gasteiger partial charge in [0.1, 0.15) is 6.04 Å². The Labute approximate surface area is 137 Å². The van der Waals surface area contributed by atoms with Crippen molar-refractivity contribution in [1.29, 1.82) is 0 Å². The minimum atomic E-state index is -0.694. The first-order valence-corrected chi connectivity index (χ1v) is 7.95. The number of hydrogen-bond donors (Lipinski definition) is 2.